The lowest BCUT2D eigenvalue weighted by Crippen LogP contribution is -2.65. The highest BCUT2D eigenvalue weighted by atomic mass is 16.3. The zero-order chi connectivity index (χ0) is 21.6. The zero-order valence-electron chi connectivity index (χ0n) is 18.0. The third-order valence-corrected chi connectivity index (χ3v) is 7.41. The van der Waals surface area contributed by atoms with Crippen molar-refractivity contribution in [1.82, 2.24) is 10.2 Å². The molecule has 4 saturated carbocycles. The van der Waals surface area contributed by atoms with E-state index in [0.29, 0.717) is 35.9 Å². The molecule has 0 aromatic heterocycles. The normalized spacial score (nSPS) is 30.8. The predicted octanol–water partition coefficient (Wildman–Crippen LogP) is 3.77. The molecule has 0 aliphatic heterocycles. The third kappa shape index (κ3) is 3.99. The van der Waals surface area contributed by atoms with Crippen LogP contribution in [0.1, 0.15) is 64.8 Å². The van der Waals surface area contributed by atoms with E-state index in [2.05, 4.69) is 5.32 Å². The molecular weight excluding hydrogens is 388 g/mol. The second kappa shape index (κ2) is 7.49. The van der Waals surface area contributed by atoms with Crippen molar-refractivity contribution in [2.24, 2.45) is 11.8 Å². The van der Waals surface area contributed by atoms with Gasteiger partial charge in [0.15, 0.2) is 0 Å². The number of hydrogen-bond acceptors (Lipinski definition) is 3. The number of amides is 2. The van der Waals surface area contributed by atoms with Gasteiger partial charge in [-0.3, -0.25) is 9.59 Å². The molecule has 4 aliphatic rings. The lowest BCUT2D eigenvalue weighted by atomic mass is 9.51. The summed E-state index contributed by atoms with van der Waals surface area (Å²) in [5.41, 5.74) is 1.43. The maximum Gasteiger partial charge on any atom is 0.253 e. The van der Waals surface area contributed by atoms with Crippen LogP contribution in [0.5, 0.6) is 0 Å². The van der Waals surface area contributed by atoms with Crippen LogP contribution in [0.4, 0.5) is 0 Å². The van der Waals surface area contributed by atoms with E-state index >= 15 is 0 Å². The van der Waals surface area contributed by atoms with Gasteiger partial charge in [-0.2, -0.15) is 0 Å². The summed E-state index contributed by atoms with van der Waals surface area (Å²) in [6.45, 7) is 0.482. The molecule has 162 valence electrons. The Kier molecular flexibility index (Phi) is 4.89. The summed E-state index contributed by atoms with van der Waals surface area (Å²) in [5, 5.41) is 14.2. The summed E-state index contributed by atoms with van der Waals surface area (Å²) in [6.07, 6.45) is 5.65. The Bertz CT molecular complexity index is 971. The van der Waals surface area contributed by atoms with Gasteiger partial charge in [0.05, 0.1) is 5.60 Å². The third-order valence-electron chi connectivity index (χ3n) is 7.41. The number of nitrogens with one attached hydrogen (secondary N) is 1. The number of hydrogen-bond donors (Lipinski definition) is 2. The number of aliphatic hydroxyl groups is 1. The maximum absolute atomic E-state index is 13.0. The van der Waals surface area contributed by atoms with Crippen molar-refractivity contribution in [2.45, 2.75) is 56.2 Å². The van der Waals surface area contributed by atoms with Crippen molar-refractivity contribution in [3.63, 3.8) is 0 Å². The molecule has 0 spiro atoms. The molecule has 0 heterocycles. The van der Waals surface area contributed by atoms with Crippen molar-refractivity contribution >= 4 is 11.8 Å². The number of carbonyl (C=O) groups is 2. The van der Waals surface area contributed by atoms with Gasteiger partial charge in [0.25, 0.3) is 11.8 Å². The largest absolute Gasteiger partial charge is 0.390 e. The van der Waals surface area contributed by atoms with E-state index in [0.717, 1.165) is 31.2 Å². The van der Waals surface area contributed by atoms with Gasteiger partial charge < -0.3 is 15.3 Å². The van der Waals surface area contributed by atoms with E-state index in [9.17, 15) is 14.7 Å². The summed E-state index contributed by atoms with van der Waals surface area (Å²) >= 11 is 0. The first kappa shape index (κ1) is 20.3. The highest BCUT2D eigenvalue weighted by molar-refractivity contribution is 5.95. The monoisotopic (exact) mass is 418 g/mol. The van der Waals surface area contributed by atoms with Crippen LogP contribution < -0.4 is 5.32 Å². The highest BCUT2D eigenvalue weighted by Gasteiger charge is 2.57. The van der Waals surface area contributed by atoms with Gasteiger partial charge >= 0.3 is 0 Å². The minimum Gasteiger partial charge on any atom is -0.390 e. The van der Waals surface area contributed by atoms with E-state index in [1.807, 2.05) is 54.6 Å². The van der Waals surface area contributed by atoms with E-state index in [1.54, 1.807) is 11.9 Å². The molecule has 2 N–H and O–H groups in total. The van der Waals surface area contributed by atoms with Gasteiger partial charge in [-0.25, -0.2) is 0 Å². The molecule has 2 atom stereocenters. The smallest absolute Gasteiger partial charge is 0.253 e. The van der Waals surface area contributed by atoms with Gasteiger partial charge in [-0.05, 0) is 80.2 Å². The molecule has 5 heteroatoms. The predicted molar refractivity (Wildman–Crippen MR) is 119 cm³/mol. The average Bonchev–Trinajstić information content (AvgIpc) is 2.72. The molecule has 6 rings (SSSR count). The molecule has 4 bridgehead atoms. The van der Waals surface area contributed by atoms with E-state index in [-0.39, 0.29) is 17.4 Å². The number of nitrogens with zero attached hydrogens (tertiary/aromatic N) is 1. The molecule has 5 nitrogen and oxygen atoms in total. The molecule has 0 radical (unpaired) electrons. The SMILES string of the molecule is CN(Cc1ccc(C(=O)NC23CC4CC(CC(O)(C4)C2)C3)cc1)C(=O)c1ccccc1. The van der Waals surface area contributed by atoms with Crippen LogP contribution in [-0.2, 0) is 6.54 Å². The van der Waals surface area contributed by atoms with Crippen LogP contribution in [0.15, 0.2) is 54.6 Å². The Labute approximate surface area is 183 Å². The van der Waals surface area contributed by atoms with Crippen LogP contribution in [0.3, 0.4) is 0 Å². The first-order valence-electron chi connectivity index (χ1n) is 11.3. The Hall–Kier alpha value is -2.66. The Balaban J connectivity index is 1.23. The second-order valence-electron chi connectivity index (χ2n) is 10.1. The Morgan fingerprint density at radius 3 is 2.23 bits per heavy atom. The fourth-order valence-corrected chi connectivity index (χ4v) is 6.58. The summed E-state index contributed by atoms with van der Waals surface area (Å²) in [4.78, 5) is 27.2. The number of carbonyl (C=O) groups excluding carboxylic acids is 2. The highest BCUT2D eigenvalue weighted by Crippen LogP contribution is 2.57. The first-order chi connectivity index (χ1) is 14.8. The van der Waals surface area contributed by atoms with E-state index in [4.69, 9.17) is 0 Å². The van der Waals surface area contributed by atoms with Gasteiger partial charge in [-0.15, -0.1) is 0 Å². The van der Waals surface area contributed by atoms with Gasteiger partial charge in [0.1, 0.15) is 0 Å². The van der Waals surface area contributed by atoms with Crippen molar-refractivity contribution in [3.05, 3.63) is 71.3 Å². The maximum atomic E-state index is 13.0. The molecule has 2 unspecified atom stereocenters. The second-order valence-corrected chi connectivity index (χ2v) is 10.1. The van der Waals surface area contributed by atoms with Crippen LogP contribution >= 0.6 is 0 Å². The minimum atomic E-state index is -0.586. The van der Waals surface area contributed by atoms with Crippen LogP contribution in [0.25, 0.3) is 0 Å². The van der Waals surface area contributed by atoms with Crippen molar-refractivity contribution in [1.29, 1.82) is 0 Å². The standard InChI is InChI=1S/C26H30N2O3/c1-28(24(30)22-5-3-2-4-6-22)16-18-7-9-21(10-8-18)23(29)27-25-12-19-11-20(13-25)15-26(31,14-19)17-25/h2-10,19-20,31H,11-17H2,1H3,(H,27,29). The molecular formula is C26H30N2O3. The van der Waals surface area contributed by atoms with Crippen molar-refractivity contribution < 1.29 is 14.7 Å². The van der Waals surface area contributed by atoms with E-state index in [1.165, 1.54) is 6.42 Å². The molecule has 2 aromatic carbocycles. The van der Waals surface area contributed by atoms with Gasteiger partial charge in [-0.1, -0.05) is 30.3 Å². The van der Waals surface area contributed by atoms with E-state index < -0.39 is 5.60 Å². The average molecular weight is 419 g/mol. The van der Waals surface area contributed by atoms with Crippen LogP contribution in [0.2, 0.25) is 0 Å². The van der Waals surface area contributed by atoms with Crippen LogP contribution in [0, 0.1) is 11.8 Å². The molecule has 4 fully saturated rings. The lowest BCUT2D eigenvalue weighted by molar-refractivity contribution is -0.139. The van der Waals surface area contributed by atoms with Gasteiger partial charge in [0.2, 0.25) is 0 Å². The number of benzene rings is 2. The molecule has 2 amide bonds. The zero-order valence-corrected chi connectivity index (χ0v) is 18.0. The Morgan fingerprint density at radius 2 is 1.61 bits per heavy atom. The quantitative estimate of drug-likeness (QED) is 0.777. The van der Waals surface area contributed by atoms with Crippen LogP contribution in [-0.4, -0.2) is 40.0 Å². The summed E-state index contributed by atoms with van der Waals surface area (Å²) < 4.78 is 0. The molecule has 31 heavy (non-hydrogen) atoms. The molecule has 4 aliphatic carbocycles. The summed E-state index contributed by atoms with van der Waals surface area (Å²) in [5.74, 6) is 0.978. The summed E-state index contributed by atoms with van der Waals surface area (Å²) in [7, 11) is 1.79. The molecule has 0 saturated heterocycles. The lowest BCUT2D eigenvalue weighted by Gasteiger charge is -2.60. The van der Waals surface area contributed by atoms with Gasteiger partial charge in [0, 0.05) is 30.3 Å². The van der Waals surface area contributed by atoms with Crippen molar-refractivity contribution in [3.8, 4) is 0 Å². The minimum absolute atomic E-state index is 0.0258. The first-order valence-corrected chi connectivity index (χ1v) is 11.3. The van der Waals surface area contributed by atoms with Crippen molar-refractivity contribution in [2.75, 3.05) is 7.05 Å². The topological polar surface area (TPSA) is 69.6 Å². The summed E-state index contributed by atoms with van der Waals surface area (Å²) in [6, 6.07) is 16.7. The fraction of sp³-hybridized carbons (Fsp3) is 0.462. The fourth-order valence-electron chi connectivity index (χ4n) is 6.58. The Morgan fingerprint density at radius 1 is 0.968 bits per heavy atom. The number of rotatable bonds is 5. The molecule has 2 aromatic rings.